The summed E-state index contributed by atoms with van der Waals surface area (Å²) in [5, 5.41) is 31.5. The lowest BCUT2D eigenvalue weighted by Gasteiger charge is -2.40. The third-order valence-corrected chi connectivity index (χ3v) is 13.3. The maximum absolute atomic E-state index is 13.1. The number of hydrogen-bond donors (Lipinski definition) is 3. The van der Waals surface area contributed by atoms with E-state index in [4.69, 9.17) is 23.7 Å². The fraction of sp³-hybridized carbons (Fsp3) is 0.672. The Morgan fingerprint density at radius 1 is 0.443 bits per heavy atom. The van der Waals surface area contributed by atoms with Gasteiger partial charge in [0, 0.05) is 12.8 Å². The number of carboxylic acids is 1. The van der Waals surface area contributed by atoms with E-state index in [1.165, 1.54) is 51.4 Å². The second-order valence-electron chi connectivity index (χ2n) is 20.6. The minimum absolute atomic E-state index is 0.0397. The van der Waals surface area contributed by atoms with Gasteiger partial charge in [0.05, 0.1) is 13.0 Å². The van der Waals surface area contributed by atoms with E-state index >= 15 is 0 Å². The summed E-state index contributed by atoms with van der Waals surface area (Å²) in [5.41, 5.74) is 0. The predicted octanol–water partition coefficient (Wildman–Crippen LogP) is 16.2. The quantitative estimate of drug-likeness (QED) is 0.0228. The van der Waals surface area contributed by atoms with E-state index in [0.29, 0.717) is 19.3 Å². The molecule has 6 unspecified atom stereocenters. The van der Waals surface area contributed by atoms with Crippen LogP contribution in [0.5, 0.6) is 0 Å². The zero-order chi connectivity index (χ0) is 57.5. The molecule has 3 N–H and O–H groups in total. The number of esters is 3. The summed E-state index contributed by atoms with van der Waals surface area (Å²) in [5.74, 6) is -3.31. The highest BCUT2D eigenvalue weighted by Crippen LogP contribution is 2.26. The van der Waals surface area contributed by atoms with Crippen LogP contribution in [0.25, 0.3) is 0 Å². The molecule has 0 saturated carbocycles. The van der Waals surface area contributed by atoms with Crippen molar-refractivity contribution in [3.05, 3.63) is 109 Å². The topological polar surface area (TPSA) is 175 Å². The summed E-state index contributed by atoms with van der Waals surface area (Å²) < 4.78 is 28.3. The molecule has 0 bridgehead atoms. The third-order valence-electron chi connectivity index (χ3n) is 13.3. The largest absolute Gasteiger partial charge is 0.479 e. The van der Waals surface area contributed by atoms with Crippen LogP contribution in [-0.4, -0.2) is 89.2 Å². The van der Waals surface area contributed by atoms with Crippen LogP contribution in [0.1, 0.15) is 239 Å². The maximum Gasteiger partial charge on any atom is 0.335 e. The minimum atomic E-state index is -1.92. The lowest BCUT2D eigenvalue weighted by molar-refractivity contribution is -0.301. The van der Waals surface area contributed by atoms with Gasteiger partial charge in [-0.2, -0.15) is 0 Å². The van der Waals surface area contributed by atoms with E-state index in [2.05, 4.69) is 106 Å². The van der Waals surface area contributed by atoms with Crippen molar-refractivity contribution >= 4 is 23.9 Å². The van der Waals surface area contributed by atoms with Gasteiger partial charge in [0.25, 0.3) is 0 Å². The molecule has 1 heterocycles. The number of carbonyl (C=O) groups is 4. The van der Waals surface area contributed by atoms with Crippen molar-refractivity contribution in [1.29, 1.82) is 0 Å². The Morgan fingerprint density at radius 3 is 1.29 bits per heavy atom. The molecule has 0 aromatic heterocycles. The summed E-state index contributed by atoms with van der Waals surface area (Å²) in [6, 6.07) is 0. The van der Waals surface area contributed by atoms with E-state index in [1.807, 2.05) is 18.2 Å². The van der Waals surface area contributed by atoms with Crippen LogP contribution >= 0.6 is 0 Å². The fourth-order valence-electron chi connectivity index (χ4n) is 8.69. The van der Waals surface area contributed by atoms with Gasteiger partial charge in [-0.05, 0) is 103 Å². The van der Waals surface area contributed by atoms with Gasteiger partial charge in [-0.1, -0.05) is 226 Å². The molecule has 12 heteroatoms. The van der Waals surface area contributed by atoms with E-state index < -0.39 is 67.3 Å². The van der Waals surface area contributed by atoms with E-state index in [9.17, 15) is 34.5 Å². The molecular formula is C67H108O12. The van der Waals surface area contributed by atoms with Gasteiger partial charge < -0.3 is 39.0 Å². The Labute approximate surface area is 478 Å². The van der Waals surface area contributed by atoms with Crippen LogP contribution in [0, 0.1) is 0 Å². The van der Waals surface area contributed by atoms with Gasteiger partial charge in [0.1, 0.15) is 18.8 Å². The van der Waals surface area contributed by atoms with Crippen LogP contribution in [0.4, 0.5) is 0 Å². The van der Waals surface area contributed by atoms with Crippen LogP contribution < -0.4 is 0 Å². The number of carboxylic acid groups (broad SMARTS) is 1. The molecule has 0 aromatic carbocycles. The second kappa shape index (κ2) is 54.0. The first-order valence-electron chi connectivity index (χ1n) is 30.9. The molecule has 0 aromatic rings. The van der Waals surface area contributed by atoms with Gasteiger partial charge in [0.2, 0.25) is 0 Å². The monoisotopic (exact) mass is 1100 g/mol. The third kappa shape index (κ3) is 43.8. The van der Waals surface area contributed by atoms with Gasteiger partial charge in [-0.25, -0.2) is 4.79 Å². The highest BCUT2D eigenvalue weighted by molar-refractivity contribution is 5.74. The maximum atomic E-state index is 13.1. The molecule has 0 spiro atoms. The normalized spacial score (nSPS) is 18.6. The summed E-state index contributed by atoms with van der Waals surface area (Å²) in [7, 11) is 0. The number of aliphatic hydroxyl groups is 2. The van der Waals surface area contributed by atoms with Crippen molar-refractivity contribution in [3.63, 3.8) is 0 Å². The van der Waals surface area contributed by atoms with Gasteiger partial charge in [-0.3, -0.25) is 14.4 Å². The number of aliphatic carboxylic acids is 1. The van der Waals surface area contributed by atoms with E-state index in [0.717, 1.165) is 128 Å². The Hall–Kier alpha value is -4.62. The first-order valence-corrected chi connectivity index (χ1v) is 30.9. The highest BCUT2D eigenvalue weighted by Gasteiger charge is 2.50. The minimum Gasteiger partial charge on any atom is -0.479 e. The molecule has 1 rings (SSSR count). The molecule has 448 valence electrons. The first-order chi connectivity index (χ1) is 38.6. The molecule has 0 radical (unpaired) electrons. The van der Waals surface area contributed by atoms with Crippen LogP contribution in [0.2, 0.25) is 0 Å². The number of carbonyl (C=O) groups excluding carboxylic acids is 3. The van der Waals surface area contributed by atoms with Crippen molar-refractivity contribution in [3.8, 4) is 0 Å². The lowest BCUT2D eigenvalue weighted by Crippen LogP contribution is -2.61. The first kappa shape index (κ1) is 72.4. The molecule has 1 aliphatic rings. The van der Waals surface area contributed by atoms with E-state index in [1.54, 1.807) is 6.08 Å². The molecule has 1 aliphatic heterocycles. The Kier molecular flexibility index (Phi) is 49.5. The molecule has 0 amide bonds. The molecule has 0 aliphatic carbocycles. The molecule has 12 nitrogen and oxygen atoms in total. The fourth-order valence-corrected chi connectivity index (χ4v) is 8.69. The zero-order valence-corrected chi connectivity index (χ0v) is 49.3. The SMILES string of the molecule is CC/C=C\C/C=C\C/C=C\C/C=C\C/C=C\CC(=O)OC(COC(=O)CCCCCCCCC/C=C\C/C=C\C/C=C\CC)COC1OC(C(=O)O)C(O)C(O)C1OC(=O)CCCCCCCCC/C=C\CCCCCCCC. The smallest absolute Gasteiger partial charge is 0.335 e. The number of hydrogen-bond acceptors (Lipinski definition) is 11. The molecule has 6 atom stereocenters. The summed E-state index contributed by atoms with van der Waals surface area (Å²) >= 11 is 0. The number of rotatable bonds is 51. The average molecular weight is 1110 g/mol. The van der Waals surface area contributed by atoms with Crippen molar-refractivity contribution in [2.75, 3.05) is 13.2 Å². The van der Waals surface area contributed by atoms with Gasteiger partial charge >= 0.3 is 23.9 Å². The number of ether oxygens (including phenoxy) is 5. The molecular weight excluding hydrogens is 997 g/mol. The van der Waals surface area contributed by atoms with Crippen molar-refractivity contribution < 1.29 is 58.2 Å². The van der Waals surface area contributed by atoms with Gasteiger partial charge in [-0.15, -0.1) is 0 Å². The Balaban J connectivity index is 2.73. The zero-order valence-electron chi connectivity index (χ0n) is 49.3. The van der Waals surface area contributed by atoms with Crippen molar-refractivity contribution in [1.82, 2.24) is 0 Å². The Bertz CT molecular complexity index is 1790. The highest BCUT2D eigenvalue weighted by atomic mass is 16.7. The summed E-state index contributed by atoms with van der Waals surface area (Å²) in [6.45, 7) is 5.68. The standard InChI is InChI=1S/C67H108O12/c1-4-7-10-13-16-19-22-25-28-30-33-35-38-41-44-47-50-53-59(68)75-56-58(77-60(69)54-51-48-45-42-39-36-32-27-24-21-18-15-12-9-6-3)57-76-67-65(63(72)62(71)64(79-67)66(73)74)78-61(70)55-52-49-46-43-40-37-34-31-29-26-23-20-17-14-11-8-5-2/h7,9-10,12,16,18-19,21,25-29,32,39,42,48,51,58,62-65,67,71-72H,4-6,8,11,13-15,17,20,22-24,30-31,33-38,40-41,43-47,49-50,52-57H2,1-3H3,(H,73,74)/b10-7-,12-9-,19-16-,21-18-,28-25-,29-26-,32-27-,42-39-,51-48-. The molecule has 1 fully saturated rings. The van der Waals surface area contributed by atoms with Crippen LogP contribution in [0.15, 0.2) is 109 Å². The van der Waals surface area contributed by atoms with Gasteiger partial charge in [0.15, 0.2) is 24.6 Å². The van der Waals surface area contributed by atoms with Crippen LogP contribution in [-0.2, 0) is 42.9 Å². The summed E-state index contributed by atoms with van der Waals surface area (Å²) in [6.07, 6.45) is 60.8. The number of aliphatic hydroxyl groups excluding tert-OH is 2. The lowest BCUT2D eigenvalue weighted by atomic mass is 9.98. The summed E-state index contributed by atoms with van der Waals surface area (Å²) in [4.78, 5) is 51.2. The second-order valence-corrected chi connectivity index (χ2v) is 20.6. The van der Waals surface area contributed by atoms with E-state index in [-0.39, 0.29) is 25.9 Å². The number of allylic oxidation sites excluding steroid dienone is 17. The van der Waals surface area contributed by atoms with Crippen LogP contribution in [0.3, 0.4) is 0 Å². The van der Waals surface area contributed by atoms with Crippen molar-refractivity contribution in [2.45, 2.75) is 276 Å². The van der Waals surface area contributed by atoms with Crippen molar-refractivity contribution in [2.24, 2.45) is 0 Å². The average Bonchev–Trinajstić information content (AvgIpc) is 3.46. The predicted molar refractivity (Wildman–Crippen MR) is 321 cm³/mol. The Morgan fingerprint density at radius 2 is 0.835 bits per heavy atom. The molecule has 1 saturated heterocycles. The molecule has 79 heavy (non-hydrogen) atoms. The number of unbranched alkanes of at least 4 members (excludes halogenated alkanes) is 20.